The summed E-state index contributed by atoms with van der Waals surface area (Å²) in [5.41, 5.74) is 2.02. The van der Waals surface area contributed by atoms with Crippen LogP contribution in [0.4, 0.5) is 0 Å². The number of amides is 1. The molecule has 1 heterocycles. The van der Waals surface area contributed by atoms with Crippen LogP contribution in [-0.2, 0) is 11.3 Å². The van der Waals surface area contributed by atoms with E-state index >= 15 is 0 Å². The molecule has 0 spiro atoms. The van der Waals surface area contributed by atoms with Gasteiger partial charge >= 0.3 is 0 Å². The van der Waals surface area contributed by atoms with E-state index in [0.29, 0.717) is 16.7 Å². The standard InChI is InChI=1S/C21H22ClN3O2S/c1-4-18(28-17-10-8-16(22)9-11-17)21(26)25(3)13-19-23-20(24-27-19)15-7-5-6-14(2)12-15/h5-12,18H,4,13H2,1-3H3/t18-/m1/s1. The molecule has 0 N–H and O–H groups in total. The van der Waals surface area contributed by atoms with Gasteiger partial charge in [-0.2, -0.15) is 4.98 Å². The third kappa shape index (κ3) is 5.14. The lowest BCUT2D eigenvalue weighted by Gasteiger charge is -2.21. The van der Waals surface area contributed by atoms with Gasteiger partial charge < -0.3 is 9.42 Å². The van der Waals surface area contributed by atoms with Gasteiger partial charge in [0.15, 0.2) is 0 Å². The summed E-state index contributed by atoms with van der Waals surface area (Å²) < 4.78 is 5.35. The van der Waals surface area contributed by atoms with Crippen molar-refractivity contribution in [2.45, 2.75) is 37.0 Å². The Balaban J connectivity index is 1.65. The molecule has 5 nitrogen and oxygen atoms in total. The SMILES string of the molecule is CC[C@@H](Sc1ccc(Cl)cc1)C(=O)N(C)Cc1nc(-c2cccc(C)c2)no1. The van der Waals surface area contributed by atoms with Gasteiger partial charge in [-0.15, -0.1) is 11.8 Å². The molecule has 0 unspecified atom stereocenters. The molecule has 0 aliphatic carbocycles. The molecular weight excluding hydrogens is 394 g/mol. The van der Waals surface area contributed by atoms with Crippen LogP contribution in [0.3, 0.4) is 0 Å². The smallest absolute Gasteiger partial charge is 0.246 e. The van der Waals surface area contributed by atoms with Crippen molar-refractivity contribution in [1.82, 2.24) is 15.0 Å². The number of hydrogen-bond acceptors (Lipinski definition) is 5. The first-order valence-electron chi connectivity index (χ1n) is 9.03. The van der Waals surface area contributed by atoms with Gasteiger partial charge in [0.05, 0.1) is 11.8 Å². The topological polar surface area (TPSA) is 59.2 Å². The molecule has 0 saturated carbocycles. The highest BCUT2D eigenvalue weighted by molar-refractivity contribution is 8.00. The molecule has 0 fully saturated rings. The van der Waals surface area contributed by atoms with Crippen molar-refractivity contribution in [1.29, 1.82) is 0 Å². The van der Waals surface area contributed by atoms with Crippen molar-refractivity contribution >= 4 is 29.3 Å². The monoisotopic (exact) mass is 415 g/mol. The second kappa shape index (κ2) is 9.26. The number of aryl methyl sites for hydroxylation is 1. The Labute approximate surface area is 174 Å². The van der Waals surface area contributed by atoms with Crippen molar-refractivity contribution in [2.24, 2.45) is 0 Å². The second-order valence-electron chi connectivity index (χ2n) is 6.54. The molecule has 0 saturated heterocycles. The lowest BCUT2D eigenvalue weighted by molar-refractivity contribution is -0.130. The van der Waals surface area contributed by atoms with Crippen LogP contribution in [0, 0.1) is 6.92 Å². The summed E-state index contributed by atoms with van der Waals surface area (Å²) in [7, 11) is 1.75. The van der Waals surface area contributed by atoms with Crippen LogP contribution < -0.4 is 0 Å². The molecule has 3 rings (SSSR count). The number of aromatic nitrogens is 2. The summed E-state index contributed by atoms with van der Waals surface area (Å²) in [5.74, 6) is 0.971. The number of nitrogens with zero attached hydrogens (tertiary/aromatic N) is 3. The van der Waals surface area contributed by atoms with E-state index in [1.165, 1.54) is 11.8 Å². The summed E-state index contributed by atoms with van der Waals surface area (Å²) in [6.07, 6.45) is 0.717. The Morgan fingerprint density at radius 1 is 1.25 bits per heavy atom. The van der Waals surface area contributed by atoms with E-state index in [2.05, 4.69) is 10.1 Å². The molecule has 0 aliphatic heterocycles. The number of halogens is 1. The molecule has 2 aromatic carbocycles. The number of carbonyl (C=O) groups is 1. The van der Waals surface area contributed by atoms with Gasteiger partial charge in [-0.05, 0) is 43.7 Å². The highest BCUT2D eigenvalue weighted by Gasteiger charge is 2.23. The van der Waals surface area contributed by atoms with Crippen LogP contribution in [0.5, 0.6) is 0 Å². The fourth-order valence-electron chi connectivity index (χ4n) is 2.73. The average molecular weight is 416 g/mol. The number of rotatable bonds is 7. The van der Waals surface area contributed by atoms with Crippen molar-refractivity contribution in [3.8, 4) is 11.4 Å². The van der Waals surface area contributed by atoms with E-state index < -0.39 is 0 Å². The second-order valence-corrected chi connectivity index (χ2v) is 8.26. The van der Waals surface area contributed by atoms with E-state index in [9.17, 15) is 4.79 Å². The Kier molecular flexibility index (Phi) is 6.75. The molecule has 28 heavy (non-hydrogen) atoms. The Hall–Kier alpha value is -2.31. The van der Waals surface area contributed by atoms with E-state index in [1.54, 1.807) is 11.9 Å². The van der Waals surface area contributed by atoms with Gasteiger partial charge in [-0.3, -0.25) is 4.79 Å². The van der Waals surface area contributed by atoms with E-state index in [-0.39, 0.29) is 17.7 Å². The fraction of sp³-hybridized carbons (Fsp3) is 0.286. The van der Waals surface area contributed by atoms with Crippen LogP contribution in [0.25, 0.3) is 11.4 Å². The summed E-state index contributed by atoms with van der Waals surface area (Å²) in [4.78, 5) is 19.9. The number of carbonyl (C=O) groups excluding carboxylic acids is 1. The van der Waals surface area contributed by atoms with Crippen molar-refractivity contribution in [3.05, 3.63) is 65.0 Å². The lowest BCUT2D eigenvalue weighted by Crippen LogP contribution is -2.34. The van der Waals surface area contributed by atoms with Gasteiger partial charge in [-0.1, -0.05) is 47.4 Å². The van der Waals surface area contributed by atoms with Gasteiger partial charge in [0.25, 0.3) is 0 Å². The van der Waals surface area contributed by atoms with Gasteiger partial charge in [0.2, 0.25) is 17.6 Å². The molecule has 1 aromatic heterocycles. The zero-order chi connectivity index (χ0) is 20.1. The maximum absolute atomic E-state index is 12.9. The average Bonchev–Trinajstić information content (AvgIpc) is 3.15. The third-order valence-corrected chi connectivity index (χ3v) is 5.85. The number of hydrogen-bond donors (Lipinski definition) is 0. The van der Waals surface area contributed by atoms with E-state index in [0.717, 1.165) is 22.4 Å². The predicted octanol–water partition coefficient (Wildman–Crippen LogP) is 5.23. The minimum atomic E-state index is -0.189. The van der Waals surface area contributed by atoms with E-state index in [4.69, 9.17) is 16.1 Å². The Morgan fingerprint density at radius 3 is 2.68 bits per heavy atom. The molecule has 0 aliphatic rings. The highest BCUT2D eigenvalue weighted by atomic mass is 35.5. The van der Waals surface area contributed by atoms with Crippen molar-refractivity contribution < 1.29 is 9.32 Å². The summed E-state index contributed by atoms with van der Waals surface area (Å²) in [5, 5.41) is 4.53. The largest absolute Gasteiger partial charge is 0.337 e. The van der Waals surface area contributed by atoms with Gasteiger partial charge in [0.1, 0.15) is 0 Å². The van der Waals surface area contributed by atoms with Crippen LogP contribution in [-0.4, -0.2) is 33.2 Å². The highest BCUT2D eigenvalue weighted by Crippen LogP contribution is 2.28. The molecule has 0 radical (unpaired) electrons. The third-order valence-electron chi connectivity index (χ3n) is 4.23. The van der Waals surface area contributed by atoms with Crippen LogP contribution in [0.15, 0.2) is 57.9 Å². The normalized spacial score (nSPS) is 12.0. The quantitative estimate of drug-likeness (QED) is 0.494. The predicted molar refractivity (Wildman–Crippen MR) is 112 cm³/mol. The van der Waals surface area contributed by atoms with Crippen LogP contribution in [0.1, 0.15) is 24.8 Å². The summed E-state index contributed by atoms with van der Waals surface area (Å²) >= 11 is 7.46. The first-order valence-corrected chi connectivity index (χ1v) is 10.3. The molecule has 0 bridgehead atoms. The molecular formula is C21H22ClN3O2S. The van der Waals surface area contributed by atoms with E-state index in [1.807, 2.05) is 62.4 Å². The van der Waals surface area contributed by atoms with Crippen LogP contribution >= 0.6 is 23.4 Å². The zero-order valence-corrected chi connectivity index (χ0v) is 17.6. The molecule has 146 valence electrons. The van der Waals surface area contributed by atoms with Crippen molar-refractivity contribution in [2.75, 3.05) is 7.05 Å². The first kappa shape index (κ1) is 20.4. The maximum atomic E-state index is 12.9. The lowest BCUT2D eigenvalue weighted by atomic mass is 10.1. The minimum absolute atomic E-state index is 0.0257. The Bertz CT molecular complexity index is 943. The summed E-state index contributed by atoms with van der Waals surface area (Å²) in [6.45, 7) is 4.29. The van der Waals surface area contributed by atoms with Gasteiger partial charge in [-0.25, -0.2) is 0 Å². The molecule has 1 amide bonds. The summed E-state index contributed by atoms with van der Waals surface area (Å²) in [6, 6.07) is 15.4. The first-order chi connectivity index (χ1) is 13.5. The Morgan fingerprint density at radius 2 is 2.00 bits per heavy atom. The fourth-order valence-corrected chi connectivity index (χ4v) is 3.93. The maximum Gasteiger partial charge on any atom is 0.246 e. The van der Waals surface area contributed by atoms with Gasteiger partial charge in [0, 0.05) is 22.5 Å². The minimum Gasteiger partial charge on any atom is -0.337 e. The zero-order valence-electron chi connectivity index (χ0n) is 16.1. The molecule has 1 atom stereocenters. The van der Waals surface area contributed by atoms with Crippen LogP contribution in [0.2, 0.25) is 5.02 Å². The van der Waals surface area contributed by atoms with Crippen molar-refractivity contribution in [3.63, 3.8) is 0 Å². The molecule has 3 aromatic rings. The number of thioether (sulfide) groups is 1. The number of benzene rings is 2. The molecule has 7 heteroatoms.